The van der Waals surface area contributed by atoms with Crippen molar-refractivity contribution in [1.29, 1.82) is 0 Å². The van der Waals surface area contributed by atoms with Gasteiger partial charge in [0.25, 0.3) is 17.1 Å². The van der Waals surface area contributed by atoms with Gasteiger partial charge in [-0.15, -0.1) is 0 Å². The third-order valence-electron chi connectivity index (χ3n) is 4.38. The summed E-state index contributed by atoms with van der Waals surface area (Å²) in [6.07, 6.45) is 8.38. The van der Waals surface area contributed by atoms with Crippen LogP contribution in [0.4, 0.5) is 4.79 Å². The molecule has 0 saturated carbocycles. The molecule has 0 unspecified atom stereocenters. The minimum Gasteiger partial charge on any atom is -0.350 e. The van der Waals surface area contributed by atoms with Crippen molar-refractivity contribution in [3.8, 4) is 5.69 Å². The number of aromatic nitrogens is 3. The Labute approximate surface area is 176 Å². The fourth-order valence-corrected chi connectivity index (χ4v) is 3.74. The molecule has 1 N–H and O–H groups in total. The normalized spacial score (nSPS) is 15.1. The van der Waals surface area contributed by atoms with Crippen molar-refractivity contribution >= 4 is 34.9 Å². The van der Waals surface area contributed by atoms with Gasteiger partial charge < -0.3 is 5.32 Å². The number of imide groups is 1. The van der Waals surface area contributed by atoms with Crippen LogP contribution in [-0.4, -0.2) is 49.8 Å². The lowest BCUT2D eigenvalue weighted by atomic mass is 10.2. The molecule has 30 heavy (non-hydrogen) atoms. The topological polar surface area (TPSA) is 97.2 Å². The number of amides is 3. The van der Waals surface area contributed by atoms with E-state index in [0.29, 0.717) is 10.5 Å². The number of benzene rings is 1. The van der Waals surface area contributed by atoms with Crippen LogP contribution in [0.3, 0.4) is 0 Å². The summed E-state index contributed by atoms with van der Waals surface area (Å²) in [6.45, 7) is 0.268. The average molecular weight is 419 g/mol. The van der Waals surface area contributed by atoms with Gasteiger partial charge in [-0.25, -0.2) is 4.68 Å². The van der Waals surface area contributed by atoms with Crippen LogP contribution >= 0.6 is 11.8 Å². The largest absolute Gasteiger partial charge is 0.350 e. The molecular weight excluding hydrogens is 402 g/mol. The number of hydrogen-bond donors (Lipinski definition) is 1. The standard InChI is InChI=1S/C21H17N5O3S/c27-19(16-4-6-17(7-5-16)26-11-2-9-24-26)23-10-12-25-20(28)18(30-21(25)29)13-15-3-1-8-22-14-15/h1-9,11,13-14H,10,12H2,(H,23,27). The highest BCUT2D eigenvalue weighted by atomic mass is 32.2. The maximum absolute atomic E-state index is 12.5. The molecule has 3 aromatic rings. The second kappa shape index (κ2) is 8.75. The fraction of sp³-hybridized carbons (Fsp3) is 0.0952. The average Bonchev–Trinajstić information content (AvgIpc) is 3.39. The van der Waals surface area contributed by atoms with Crippen molar-refractivity contribution in [2.75, 3.05) is 13.1 Å². The van der Waals surface area contributed by atoms with Gasteiger partial charge in [0.2, 0.25) is 0 Å². The molecule has 2 aromatic heterocycles. The van der Waals surface area contributed by atoms with Gasteiger partial charge in [-0.05, 0) is 59.8 Å². The number of thioether (sulfide) groups is 1. The summed E-state index contributed by atoms with van der Waals surface area (Å²) >= 11 is 0.882. The smallest absolute Gasteiger partial charge is 0.293 e. The summed E-state index contributed by atoms with van der Waals surface area (Å²) in [5.74, 6) is -0.647. The molecule has 3 amide bonds. The first-order valence-corrected chi connectivity index (χ1v) is 9.97. The lowest BCUT2D eigenvalue weighted by Crippen LogP contribution is -2.37. The van der Waals surface area contributed by atoms with E-state index in [1.54, 1.807) is 65.7 Å². The van der Waals surface area contributed by atoms with E-state index in [-0.39, 0.29) is 30.1 Å². The number of pyridine rings is 1. The summed E-state index contributed by atoms with van der Waals surface area (Å²) in [7, 11) is 0. The first-order valence-electron chi connectivity index (χ1n) is 9.15. The monoisotopic (exact) mass is 419 g/mol. The molecule has 0 radical (unpaired) electrons. The maximum atomic E-state index is 12.5. The molecule has 0 aliphatic carbocycles. The molecule has 1 aliphatic rings. The summed E-state index contributed by atoms with van der Waals surface area (Å²) in [5, 5.41) is 6.52. The van der Waals surface area contributed by atoms with Gasteiger partial charge >= 0.3 is 0 Å². The quantitative estimate of drug-likeness (QED) is 0.617. The Hall–Kier alpha value is -3.72. The van der Waals surface area contributed by atoms with Gasteiger partial charge in [-0.1, -0.05) is 6.07 Å². The summed E-state index contributed by atoms with van der Waals surface area (Å²) in [4.78, 5) is 42.5. The van der Waals surface area contributed by atoms with Gasteiger partial charge in [0.15, 0.2) is 0 Å². The van der Waals surface area contributed by atoms with Crippen LogP contribution in [-0.2, 0) is 4.79 Å². The fourth-order valence-electron chi connectivity index (χ4n) is 2.88. The molecular formula is C21H17N5O3S. The Balaban J connectivity index is 1.32. The first-order chi connectivity index (χ1) is 14.6. The molecule has 9 heteroatoms. The van der Waals surface area contributed by atoms with E-state index < -0.39 is 0 Å². The van der Waals surface area contributed by atoms with Crippen LogP contribution in [0, 0.1) is 0 Å². The van der Waals surface area contributed by atoms with Gasteiger partial charge in [-0.2, -0.15) is 5.10 Å². The summed E-state index contributed by atoms with van der Waals surface area (Å²) in [6, 6.07) is 12.4. The first kappa shape index (κ1) is 19.6. The molecule has 0 atom stereocenters. The highest BCUT2D eigenvalue weighted by Gasteiger charge is 2.34. The Bertz CT molecular complexity index is 1100. The highest BCUT2D eigenvalue weighted by molar-refractivity contribution is 8.18. The molecule has 0 spiro atoms. The van der Waals surface area contributed by atoms with E-state index in [1.807, 2.05) is 12.3 Å². The van der Waals surface area contributed by atoms with Crippen molar-refractivity contribution in [2.24, 2.45) is 0 Å². The Morgan fingerprint density at radius 1 is 1.10 bits per heavy atom. The van der Waals surface area contributed by atoms with E-state index in [0.717, 1.165) is 27.9 Å². The number of nitrogens with zero attached hydrogens (tertiary/aromatic N) is 4. The Morgan fingerprint density at radius 3 is 2.63 bits per heavy atom. The zero-order chi connectivity index (χ0) is 20.9. The van der Waals surface area contributed by atoms with Crippen molar-refractivity contribution in [3.05, 3.63) is 83.3 Å². The van der Waals surface area contributed by atoms with Crippen LogP contribution in [0.25, 0.3) is 11.8 Å². The number of hydrogen-bond acceptors (Lipinski definition) is 6. The Morgan fingerprint density at radius 2 is 1.93 bits per heavy atom. The van der Waals surface area contributed by atoms with E-state index in [1.165, 1.54) is 0 Å². The van der Waals surface area contributed by atoms with Crippen molar-refractivity contribution in [3.63, 3.8) is 0 Å². The van der Waals surface area contributed by atoms with E-state index >= 15 is 0 Å². The third-order valence-corrected chi connectivity index (χ3v) is 5.28. The lowest BCUT2D eigenvalue weighted by Gasteiger charge is -2.13. The third kappa shape index (κ3) is 4.31. The molecule has 150 valence electrons. The molecule has 4 rings (SSSR count). The van der Waals surface area contributed by atoms with E-state index in [9.17, 15) is 14.4 Å². The van der Waals surface area contributed by atoms with Gasteiger partial charge in [0.05, 0.1) is 10.6 Å². The second-order valence-corrected chi connectivity index (χ2v) is 7.37. The van der Waals surface area contributed by atoms with Crippen molar-refractivity contribution in [1.82, 2.24) is 25.0 Å². The molecule has 0 bridgehead atoms. The number of carbonyl (C=O) groups is 3. The number of rotatable bonds is 6. The van der Waals surface area contributed by atoms with Crippen LogP contribution in [0.2, 0.25) is 0 Å². The Kier molecular flexibility index (Phi) is 5.71. The van der Waals surface area contributed by atoms with Crippen LogP contribution in [0.15, 0.2) is 72.2 Å². The van der Waals surface area contributed by atoms with Crippen molar-refractivity contribution < 1.29 is 14.4 Å². The summed E-state index contributed by atoms with van der Waals surface area (Å²) < 4.78 is 1.69. The summed E-state index contributed by atoms with van der Waals surface area (Å²) in [5.41, 5.74) is 2.07. The molecule has 1 aliphatic heterocycles. The van der Waals surface area contributed by atoms with E-state index in [2.05, 4.69) is 15.4 Å². The number of nitrogens with one attached hydrogen (secondary N) is 1. The van der Waals surface area contributed by atoms with Gasteiger partial charge in [-0.3, -0.25) is 24.3 Å². The van der Waals surface area contributed by atoms with E-state index in [4.69, 9.17) is 0 Å². The number of carbonyl (C=O) groups excluding carboxylic acids is 3. The van der Waals surface area contributed by atoms with Crippen LogP contribution in [0.5, 0.6) is 0 Å². The van der Waals surface area contributed by atoms with Crippen molar-refractivity contribution in [2.45, 2.75) is 0 Å². The lowest BCUT2D eigenvalue weighted by molar-refractivity contribution is -0.122. The maximum Gasteiger partial charge on any atom is 0.293 e. The molecule has 8 nitrogen and oxygen atoms in total. The SMILES string of the molecule is O=C(NCCN1C(=O)SC(=Cc2cccnc2)C1=O)c1ccc(-n2cccn2)cc1. The molecule has 1 saturated heterocycles. The van der Waals surface area contributed by atoms with Gasteiger partial charge in [0.1, 0.15) is 0 Å². The van der Waals surface area contributed by atoms with Crippen LogP contribution in [0.1, 0.15) is 15.9 Å². The second-order valence-electron chi connectivity index (χ2n) is 6.37. The highest BCUT2D eigenvalue weighted by Crippen LogP contribution is 2.31. The minimum absolute atomic E-state index is 0.103. The predicted molar refractivity (Wildman–Crippen MR) is 113 cm³/mol. The zero-order valence-corrected chi connectivity index (χ0v) is 16.6. The minimum atomic E-state index is -0.369. The predicted octanol–water partition coefficient (Wildman–Crippen LogP) is 2.73. The molecule has 3 heterocycles. The van der Waals surface area contributed by atoms with Crippen LogP contribution < -0.4 is 5.32 Å². The zero-order valence-electron chi connectivity index (χ0n) is 15.8. The molecule has 1 aromatic carbocycles. The molecule has 1 fully saturated rings. The van der Waals surface area contributed by atoms with Gasteiger partial charge in [0, 0.05) is 43.4 Å².